The Morgan fingerprint density at radius 2 is 2.04 bits per heavy atom. The second-order valence-electron chi connectivity index (χ2n) is 5.29. The zero-order chi connectivity index (χ0) is 18.1. The fourth-order valence-corrected chi connectivity index (χ4v) is 3.87. The molecule has 3 aromatic heterocycles. The van der Waals surface area contributed by atoms with Crippen LogP contribution in [0.4, 0.5) is 0 Å². The van der Waals surface area contributed by atoms with Crippen molar-refractivity contribution in [1.29, 1.82) is 0 Å². The third-order valence-corrected chi connectivity index (χ3v) is 5.49. The van der Waals surface area contributed by atoms with Gasteiger partial charge in [0.2, 0.25) is 5.78 Å². The van der Waals surface area contributed by atoms with Gasteiger partial charge in [0.05, 0.1) is 10.9 Å². The summed E-state index contributed by atoms with van der Waals surface area (Å²) in [5.41, 5.74) is 0.354. The maximum atomic E-state index is 13.0. The molecular weight excluding hydrogens is 390 g/mol. The van der Waals surface area contributed by atoms with Crippen LogP contribution in [-0.2, 0) is 0 Å². The predicted molar refractivity (Wildman–Crippen MR) is 106 cm³/mol. The SMILES string of the molecule is O=C(/C(=C/c1cccs1)n1cnc2cc(Cl)ccc2c1=O)c1nccs1. The van der Waals surface area contributed by atoms with Gasteiger partial charge in [0.1, 0.15) is 12.0 Å². The maximum absolute atomic E-state index is 13.0. The molecule has 0 aliphatic heterocycles. The number of carbonyl (C=O) groups excluding carboxylic acids is 1. The van der Waals surface area contributed by atoms with E-state index in [0.29, 0.717) is 20.9 Å². The summed E-state index contributed by atoms with van der Waals surface area (Å²) < 4.78 is 1.26. The van der Waals surface area contributed by atoms with Crippen molar-refractivity contribution in [3.05, 3.63) is 78.9 Å². The minimum atomic E-state index is -0.334. The Kier molecular flexibility index (Phi) is 4.50. The molecule has 0 aliphatic rings. The number of hydrogen-bond donors (Lipinski definition) is 0. The van der Waals surface area contributed by atoms with Crippen LogP contribution in [0, 0.1) is 0 Å². The summed E-state index contributed by atoms with van der Waals surface area (Å²) in [5.74, 6) is -0.328. The highest BCUT2D eigenvalue weighted by Gasteiger charge is 2.19. The molecule has 128 valence electrons. The van der Waals surface area contributed by atoms with Gasteiger partial charge in [-0.15, -0.1) is 22.7 Å². The standard InChI is InChI=1S/C18H10ClN3O2S2/c19-11-3-4-13-14(8-11)21-10-22(18(13)24)15(9-12-2-1-6-25-12)16(23)17-20-5-7-26-17/h1-10H/b15-9-. The van der Waals surface area contributed by atoms with Gasteiger partial charge >= 0.3 is 0 Å². The van der Waals surface area contributed by atoms with E-state index in [1.165, 1.54) is 33.6 Å². The molecule has 3 heterocycles. The van der Waals surface area contributed by atoms with Gasteiger partial charge in [-0.3, -0.25) is 14.2 Å². The van der Waals surface area contributed by atoms with Gasteiger partial charge < -0.3 is 0 Å². The summed E-state index contributed by atoms with van der Waals surface area (Å²) in [6.07, 6.45) is 4.59. The zero-order valence-corrected chi connectivity index (χ0v) is 15.5. The second kappa shape index (κ2) is 6.95. The van der Waals surface area contributed by atoms with Gasteiger partial charge in [-0.25, -0.2) is 9.97 Å². The van der Waals surface area contributed by atoms with E-state index >= 15 is 0 Å². The lowest BCUT2D eigenvalue weighted by Crippen LogP contribution is -2.23. The van der Waals surface area contributed by atoms with Crippen LogP contribution in [0.1, 0.15) is 14.7 Å². The van der Waals surface area contributed by atoms with E-state index in [2.05, 4.69) is 9.97 Å². The molecule has 0 aliphatic carbocycles. The number of thiazole rings is 1. The normalized spacial score (nSPS) is 11.8. The first-order valence-electron chi connectivity index (χ1n) is 7.50. The highest BCUT2D eigenvalue weighted by molar-refractivity contribution is 7.12. The Labute approximate surface area is 160 Å². The number of fused-ring (bicyclic) bond motifs is 1. The number of Topliss-reactive ketones (excluding diaryl/α,β-unsaturated/α-hetero) is 1. The number of ketones is 1. The number of rotatable bonds is 4. The minimum absolute atomic E-state index is 0.205. The fraction of sp³-hybridized carbons (Fsp3) is 0. The van der Waals surface area contributed by atoms with Crippen molar-refractivity contribution in [3.8, 4) is 0 Å². The van der Waals surface area contributed by atoms with Gasteiger partial charge in [0, 0.05) is 21.5 Å². The topological polar surface area (TPSA) is 64.8 Å². The first-order chi connectivity index (χ1) is 12.6. The molecular formula is C18H10ClN3O2S2. The number of hydrogen-bond acceptors (Lipinski definition) is 6. The predicted octanol–water partition coefficient (Wildman–Crippen LogP) is 4.45. The summed E-state index contributed by atoms with van der Waals surface area (Å²) in [5, 5.41) is 4.83. The molecule has 0 bridgehead atoms. The van der Waals surface area contributed by atoms with Gasteiger partial charge in [0.25, 0.3) is 5.56 Å². The Bertz CT molecular complexity index is 1180. The van der Waals surface area contributed by atoms with Crippen LogP contribution in [0.2, 0.25) is 5.02 Å². The van der Waals surface area contributed by atoms with Gasteiger partial charge in [-0.2, -0.15) is 0 Å². The molecule has 4 aromatic rings. The van der Waals surface area contributed by atoms with Crippen molar-refractivity contribution < 1.29 is 4.79 Å². The van der Waals surface area contributed by atoms with Crippen molar-refractivity contribution in [2.24, 2.45) is 0 Å². The molecule has 0 amide bonds. The smallest absolute Gasteiger partial charge is 0.265 e. The van der Waals surface area contributed by atoms with Crippen molar-refractivity contribution in [2.75, 3.05) is 0 Å². The largest absolute Gasteiger partial charge is 0.284 e. The summed E-state index contributed by atoms with van der Waals surface area (Å²) >= 11 is 8.67. The lowest BCUT2D eigenvalue weighted by Gasteiger charge is -2.09. The molecule has 0 spiro atoms. The molecule has 0 N–H and O–H groups in total. The van der Waals surface area contributed by atoms with Gasteiger partial charge in [-0.05, 0) is 35.7 Å². The van der Waals surface area contributed by atoms with Crippen LogP contribution in [0.15, 0.2) is 58.4 Å². The lowest BCUT2D eigenvalue weighted by atomic mass is 10.2. The van der Waals surface area contributed by atoms with Gasteiger partial charge in [-0.1, -0.05) is 17.7 Å². The number of benzene rings is 1. The molecule has 1 aromatic carbocycles. The molecule has 0 atom stereocenters. The van der Waals surface area contributed by atoms with Crippen LogP contribution in [0.3, 0.4) is 0 Å². The molecule has 26 heavy (non-hydrogen) atoms. The molecule has 8 heteroatoms. The van der Waals surface area contributed by atoms with E-state index < -0.39 is 0 Å². The lowest BCUT2D eigenvalue weighted by molar-refractivity contribution is 0.105. The Morgan fingerprint density at radius 1 is 1.15 bits per heavy atom. The number of nitrogens with zero attached hydrogens (tertiary/aromatic N) is 3. The van der Waals surface area contributed by atoms with E-state index in [4.69, 9.17) is 11.6 Å². The Morgan fingerprint density at radius 3 is 2.77 bits per heavy atom. The summed E-state index contributed by atoms with van der Waals surface area (Å²) in [4.78, 5) is 35.1. The highest BCUT2D eigenvalue weighted by Crippen LogP contribution is 2.21. The quantitative estimate of drug-likeness (QED) is 0.375. The van der Waals surface area contributed by atoms with E-state index in [9.17, 15) is 9.59 Å². The van der Waals surface area contributed by atoms with E-state index in [1.54, 1.807) is 35.9 Å². The molecule has 0 radical (unpaired) electrons. The molecule has 0 unspecified atom stereocenters. The number of thiophene rings is 1. The molecule has 5 nitrogen and oxygen atoms in total. The average molecular weight is 400 g/mol. The van der Waals surface area contributed by atoms with E-state index in [0.717, 1.165) is 4.88 Å². The molecule has 0 saturated carbocycles. The monoisotopic (exact) mass is 399 g/mol. The van der Waals surface area contributed by atoms with Crippen LogP contribution >= 0.6 is 34.3 Å². The van der Waals surface area contributed by atoms with Crippen LogP contribution in [0.25, 0.3) is 22.7 Å². The van der Waals surface area contributed by atoms with E-state index in [1.807, 2.05) is 17.5 Å². The van der Waals surface area contributed by atoms with Crippen LogP contribution in [0.5, 0.6) is 0 Å². The molecule has 4 rings (SSSR count). The molecule has 0 saturated heterocycles. The third kappa shape index (κ3) is 3.12. The zero-order valence-electron chi connectivity index (χ0n) is 13.1. The summed E-state index contributed by atoms with van der Waals surface area (Å²) in [7, 11) is 0. The Balaban J connectivity index is 1.93. The summed E-state index contributed by atoms with van der Waals surface area (Å²) in [6, 6.07) is 8.61. The third-order valence-electron chi connectivity index (χ3n) is 3.66. The van der Waals surface area contributed by atoms with Crippen molar-refractivity contribution in [1.82, 2.24) is 14.5 Å². The number of carbonyl (C=O) groups is 1. The maximum Gasteiger partial charge on any atom is 0.265 e. The van der Waals surface area contributed by atoms with Crippen molar-refractivity contribution in [2.45, 2.75) is 0 Å². The van der Waals surface area contributed by atoms with Crippen molar-refractivity contribution in [3.63, 3.8) is 0 Å². The minimum Gasteiger partial charge on any atom is -0.284 e. The van der Waals surface area contributed by atoms with E-state index in [-0.39, 0.29) is 17.0 Å². The number of allylic oxidation sites excluding steroid dienone is 1. The Hall–Kier alpha value is -2.61. The van der Waals surface area contributed by atoms with Gasteiger partial charge in [0.15, 0.2) is 5.01 Å². The first kappa shape index (κ1) is 16.8. The average Bonchev–Trinajstić information content (AvgIpc) is 3.34. The summed E-state index contributed by atoms with van der Waals surface area (Å²) in [6.45, 7) is 0. The van der Waals surface area contributed by atoms with Crippen LogP contribution < -0.4 is 5.56 Å². The second-order valence-corrected chi connectivity index (χ2v) is 7.60. The molecule has 0 fully saturated rings. The van der Waals surface area contributed by atoms with Crippen molar-refractivity contribution >= 4 is 62.7 Å². The number of aromatic nitrogens is 3. The van der Waals surface area contributed by atoms with Crippen LogP contribution in [-0.4, -0.2) is 20.3 Å². The number of halogens is 1. The fourth-order valence-electron chi connectivity index (χ4n) is 2.46. The first-order valence-corrected chi connectivity index (χ1v) is 9.64. The highest BCUT2D eigenvalue weighted by atomic mass is 35.5.